The Bertz CT molecular complexity index is 1450. The average Bonchev–Trinajstić information content (AvgIpc) is 2.86. The fourth-order valence-electron chi connectivity index (χ4n) is 3.68. The van der Waals surface area contributed by atoms with Crippen LogP contribution in [0, 0.1) is 13.8 Å². The van der Waals surface area contributed by atoms with E-state index in [4.69, 9.17) is 13.3 Å². The molecule has 0 radical (unpaired) electrons. The molecule has 0 bridgehead atoms. The highest BCUT2D eigenvalue weighted by Gasteiger charge is 2.14. The molecule has 4 aromatic rings. The van der Waals surface area contributed by atoms with Gasteiger partial charge in [-0.25, -0.2) is 0 Å². The van der Waals surface area contributed by atoms with Crippen molar-refractivity contribution < 1.29 is 21.8 Å². The maximum absolute atomic E-state index is 12.5. The number of hydrogen-bond acceptors (Lipinski definition) is 6. The molecule has 1 aromatic heterocycles. The molecule has 0 unspecified atom stereocenters. The first-order chi connectivity index (χ1) is 16.8. The second kappa shape index (κ2) is 10.9. The predicted molar refractivity (Wildman–Crippen MR) is 135 cm³/mol. The molecule has 0 N–H and O–H groups in total. The molecule has 3 aromatic carbocycles. The Labute approximate surface area is 205 Å². The van der Waals surface area contributed by atoms with E-state index in [1.54, 1.807) is 49.4 Å². The molecular weight excluding hydrogens is 464 g/mol. The summed E-state index contributed by atoms with van der Waals surface area (Å²) in [4.78, 5) is 12.7. The fraction of sp³-hybridized carbons (Fsp3) is 0.250. The number of hydrogen-bond donors (Lipinski definition) is 0. The molecule has 7 heteroatoms. The number of para-hydroxylation sites is 1. The van der Waals surface area contributed by atoms with Gasteiger partial charge in [0.2, 0.25) is 0 Å². The standard InChI is InChI=1S/C28H28O6S/c1-20-10-16-24(17-11-20)35(30,31)33-18-6-5-7-22-12-14-23(15-13-22)19-32-28-21(2)27(29)25-8-3-4-9-26(25)34-28/h3-4,8-17H,5-7,18-19H2,1-2H3. The summed E-state index contributed by atoms with van der Waals surface area (Å²) in [5.74, 6) is 0.235. The van der Waals surface area contributed by atoms with Crippen molar-refractivity contribution in [3.05, 3.63) is 105 Å². The molecule has 0 saturated carbocycles. The van der Waals surface area contributed by atoms with Crippen molar-refractivity contribution in [3.8, 4) is 5.95 Å². The third-order valence-corrected chi connectivity index (χ3v) is 7.11. The van der Waals surface area contributed by atoms with Crippen molar-refractivity contribution in [1.29, 1.82) is 0 Å². The zero-order valence-corrected chi connectivity index (χ0v) is 20.6. The van der Waals surface area contributed by atoms with E-state index in [0.717, 1.165) is 29.5 Å². The lowest BCUT2D eigenvalue weighted by molar-refractivity contribution is 0.232. The van der Waals surface area contributed by atoms with Crippen LogP contribution in [0.1, 0.15) is 35.1 Å². The van der Waals surface area contributed by atoms with Gasteiger partial charge in [0.05, 0.1) is 22.5 Å². The van der Waals surface area contributed by atoms with Crippen LogP contribution in [0.15, 0.2) is 86.9 Å². The van der Waals surface area contributed by atoms with E-state index in [9.17, 15) is 13.2 Å². The second-order valence-electron chi connectivity index (χ2n) is 8.49. The molecule has 1 heterocycles. The molecule has 35 heavy (non-hydrogen) atoms. The molecule has 0 spiro atoms. The van der Waals surface area contributed by atoms with Crippen molar-refractivity contribution >= 4 is 21.1 Å². The van der Waals surface area contributed by atoms with E-state index >= 15 is 0 Å². The third kappa shape index (κ3) is 6.18. The van der Waals surface area contributed by atoms with Crippen LogP contribution in [-0.2, 0) is 27.3 Å². The number of ether oxygens (including phenoxy) is 1. The van der Waals surface area contributed by atoms with Crippen LogP contribution < -0.4 is 10.2 Å². The summed E-state index contributed by atoms with van der Waals surface area (Å²) < 4.78 is 41.2. The Morgan fingerprint density at radius 1 is 0.829 bits per heavy atom. The van der Waals surface area contributed by atoms with Crippen LogP contribution in [0.2, 0.25) is 0 Å². The van der Waals surface area contributed by atoms with Gasteiger partial charge in [-0.2, -0.15) is 8.42 Å². The van der Waals surface area contributed by atoms with Crippen molar-refractivity contribution in [2.24, 2.45) is 0 Å². The van der Waals surface area contributed by atoms with Crippen molar-refractivity contribution in [1.82, 2.24) is 0 Å². The van der Waals surface area contributed by atoms with Gasteiger partial charge in [0.1, 0.15) is 12.2 Å². The summed E-state index contributed by atoms with van der Waals surface area (Å²) in [5.41, 5.74) is 3.96. The molecule has 4 rings (SSSR count). The Balaban J connectivity index is 1.24. The van der Waals surface area contributed by atoms with Gasteiger partial charge in [0.25, 0.3) is 16.1 Å². The molecule has 6 nitrogen and oxygen atoms in total. The maximum Gasteiger partial charge on any atom is 0.296 e. The van der Waals surface area contributed by atoms with Crippen molar-refractivity contribution in [2.45, 2.75) is 44.6 Å². The zero-order valence-electron chi connectivity index (χ0n) is 19.8. The van der Waals surface area contributed by atoms with E-state index in [2.05, 4.69) is 0 Å². The van der Waals surface area contributed by atoms with Gasteiger partial charge >= 0.3 is 0 Å². The largest absolute Gasteiger partial charge is 0.460 e. The van der Waals surface area contributed by atoms with Crippen LogP contribution >= 0.6 is 0 Å². The summed E-state index contributed by atoms with van der Waals surface area (Å²) in [6, 6.07) is 21.7. The van der Waals surface area contributed by atoms with E-state index in [1.165, 1.54) is 0 Å². The first-order valence-corrected chi connectivity index (χ1v) is 12.9. The molecule has 0 saturated heterocycles. The normalized spacial score (nSPS) is 11.6. The summed E-state index contributed by atoms with van der Waals surface area (Å²) in [5, 5.41) is 0.542. The SMILES string of the molecule is Cc1ccc(S(=O)(=O)OCCCCc2ccc(COc3oc4ccccc4c(=O)c3C)cc2)cc1. The average molecular weight is 493 g/mol. The van der Waals surface area contributed by atoms with E-state index < -0.39 is 10.1 Å². The summed E-state index contributed by atoms with van der Waals surface area (Å²) >= 11 is 0. The minimum atomic E-state index is -3.72. The molecule has 0 atom stereocenters. The number of rotatable bonds is 10. The first kappa shape index (κ1) is 24.7. The van der Waals surface area contributed by atoms with Gasteiger partial charge in [0, 0.05) is 0 Å². The lowest BCUT2D eigenvalue weighted by atomic mass is 10.1. The summed E-state index contributed by atoms with van der Waals surface area (Å²) in [7, 11) is -3.72. The quantitative estimate of drug-likeness (QED) is 0.208. The Morgan fingerprint density at radius 3 is 2.26 bits per heavy atom. The lowest BCUT2D eigenvalue weighted by Crippen LogP contribution is -2.08. The van der Waals surface area contributed by atoms with Gasteiger partial charge in [-0.3, -0.25) is 8.98 Å². The van der Waals surface area contributed by atoms with E-state index in [-0.39, 0.29) is 29.5 Å². The molecule has 0 amide bonds. The topological polar surface area (TPSA) is 82.8 Å². The summed E-state index contributed by atoms with van der Waals surface area (Å²) in [6.07, 6.45) is 2.25. The van der Waals surface area contributed by atoms with E-state index in [1.807, 2.05) is 37.3 Å². The number of aryl methyl sites for hydroxylation is 2. The zero-order chi connectivity index (χ0) is 24.8. The highest BCUT2D eigenvalue weighted by Crippen LogP contribution is 2.22. The number of benzene rings is 3. The third-order valence-electron chi connectivity index (χ3n) is 5.78. The second-order valence-corrected chi connectivity index (χ2v) is 10.1. The van der Waals surface area contributed by atoms with Crippen molar-refractivity contribution in [3.63, 3.8) is 0 Å². The molecule has 0 aliphatic heterocycles. The molecule has 0 aliphatic rings. The minimum absolute atomic E-state index is 0.0900. The van der Waals surface area contributed by atoms with Crippen molar-refractivity contribution in [2.75, 3.05) is 6.61 Å². The van der Waals surface area contributed by atoms with Crippen LogP contribution in [0.4, 0.5) is 0 Å². The Hall–Kier alpha value is -3.42. The molecule has 182 valence electrons. The fourth-order valence-corrected chi connectivity index (χ4v) is 4.62. The highest BCUT2D eigenvalue weighted by molar-refractivity contribution is 7.86. The maximum atomic E-state index is 12.5. The molecule has 0 fully saturated rings. The predicted octanol–water partition coefficient (Wildman–Crippen LogP) is 5.72. The minimum Gasteiger partial charge on any atom is -0.460 e. The van der Waals surface area contributed by atoms with Crippen LogP contribution in [0.25, 0.3) is 11.0 Å². The first-order valence-electron chi connectivity index (χ1n) is 11.5. The smallest absolute Gasteiger partial charge is 0.296 e. The number of fused-ring (bicyclic) bond motifs is 1. The lowest BCUT2D eigenvalue weighted by Gasteiger charge is -2.09. The monoisotopic (exact) mass is 492 g/mol. The molecular formula is C28H28O6S. The van der Waals surface area contributed by atoms with Gasteiger partial charge in [-0.1, -0.05) is 54.1 Å². The summed E-state index contributed by atoms with van der Waals surface area (Å²) in [6.45, 7) is 4.04. The Kier molecular flexibility index (Phi) is 7.68. The van der Waals surface area contributed by atoms with Gasteiger partial charge in [0.15, 0.2) is 5.43 Å². The van der Waals surface area contributed by atoms with Gasteiger partial charge in [-0.15, -0.1) is 0 Å². The Morgan fingerprint density at radius 2 is 1.51 bits per heavy atom. The van der Waals surface area contributed by atoms with Gasteiger partial charge < -0.3 is 9.15 Å². The van der Waals surface area contributed by atoms with Gasteiger partial charge in [-0.05, 0) is 68.5 Å². The van der Waals surface area contributed by atoms with E-state index in [0.29, 0.717) is 23.0 Å². The van der Waals surface area contributed by atoms with Crippen LogP contribution in [-0.4, -0.2) is 15.0 Å². The van der Waals surface area contributed by atoms with Crippen LogP contribution in [0.5, 0.6) is 5.95 Å². The molecule has 0 aliphatic carbocycles. The number of unbranched alkanes of at least 4 members (excludes halogenated alkanes) is 1. The highest BCUT2D eigenvalue weighted by atomic mass is 32.2. The van der Waals surface area contributed by atoms with Crippen LogP contribution in [0.3, 0.4) is 0 Å².